The van der Waals surface area contributed by atoms with Gasteiger partial charge in [-0.2, -0.15) is 0 Å². The van der Waals surface area contributed by atoms with Crippen LogP contribution in [0, 0.1) is 0 Å². The second-order valence-electron chi connectivity index (χ2n) is 5.28. The molecule has 0 aliphatic carbocycles. The summed E-state index contributed by atoms with van der Waals surface area (Å²) in [6, 6.07) is 15.8. The molecule has 0 unspecified atom stereocenters. The molecule has 2 heterocycles. The molecule has 0 aliphatic rings. The van der Waals surface area contributed by atoms with Gasteiger partial charge >= 0.3 is 0 Å². The maximum atomic E-state index is 11.7. The maximum Gasteiger partial charge on any atom is 0.250 e. The van der Waals surface area contributed by atoms with Crippen LogP contribution in [0.25, 0.3) is 28.3 Å². The minimum atomic E-state index is -0.608. The number of benzene rings is 2. The number of aromatic nitrogens is 2. The van der Waals surface area contributed by atoms with E-state index in [4.69, 9.17) is 10.2 Å². The Morgan fingerprint density at radius 2 is 1.88 bits per heavy atom. The van der Waals surface area contributed by atoms with E-state index in [2.05, 4.69) is 4.98 Å². The lowest BCUT2D eigenvalue weighted by Gasteiger charge is -2.09. The van der Waals surface area contributed by atoms with E-state index >= 15 is 0 Å². The first-order valence-corrected chi connectivity index (χ1v) is 7.30. The molecule has 0 atom stereocenters. The molecule has 0 spiro atoms. The number of carbonyl (C=O) groups is 1. The van der Waals surface area contributed by atoms with Crippen LogP contribution in [0.3, 0.4) is 0 Å². The largest absolute Gasteiger partial charge is 0.506 e. The summed E-state index contributed by atoms with van der Waals surface area (Å²) in [6.07, 6.45) is 1.54. The Labute approximate surface area is 136 Å². The smallest absolute Gasteiger partial charge is 0.250 e. The van der Waals surface area contributed by atoms with Gasteiger partial charge in [0.25, 0.3) is 5.91 Å². The Bertz CT molecular complexity index is 1030. The van der Waals surface area contributed by atoms with Crippen molar-refractivity contribution in [2.45, 2.75) is 0 Å². The van der Waals surface area contributed by atoms with Crippen LogP contribution >= 0.6 is 0 Å². The quantitative estimate of drug-likeness (QED) is 0.606. The molecule has 3 N–H and O–H groups in total. The number of imidazole rings is 1. The number of phenolic OH excluding ortho intramolecular Hbond substituents is 1. The van der Waals surface area contributed by atoms with E-state index < -0.39 is 5.91 Å². The summed E-state index contributed by atoms with van der Waals surface area (Å²) in [7, 11) is 0. The minimum absolute atomic E-state index is 0.00385. The van der Waals surface area contributed by atoms with Crippen molar-refractivity contribution >= 4 is 16.9 Å². The molecule has 0 saturated carbocycles. The predicted octanol–water partition coefficient (Wildman–Crippen LogP) is 3.09. The van der Waals surface area contributed by atoms with Gasteiger partial charge in [0.15, 0.2) is 11.6 Å². The zero-order valence-corrected chi connectivity index (χ0v) is 12.5. The highest BCUT2D eigenvalue weighted by Gasteiger charge is 2.22. The Hall–Kier alpha value is -3.54. The number of hydrogen-bond acceptors (Lipinski definition) is 4. The van der Waals surface area contributed by atoms with Crippen molar-refractivity contribution in [3.8, 4) is 23.0 Å². The van der Waals surface area contributed by atoms with Crippen LogP contribution in [0.15, 0.2) is 65.3 Å². The van der Waals surface area contributed by atoms with Crippen LogP contribution in [-0.4, -0.2) is 20.6 Å². The van der Waals surface area contributed by atoms with Crippen molar-refractivity contribution in [3.05, 3.63) is 66.4 Å². The van der Waals surface area contributed by atoms with Crippen molar-refractivity contribution in [1.82, 2.24) is 9.55 Å². The fraction of sp³-hybridized carbons (Fsp3) is 0. The molecule has 6 nitrogen and oxygen atoms in total. The van der Waals surface area contributed by atoms with E-state index in [1.165, 1.54) is 12.1 Å². The summed E-state index contributed by atoms with van der Waals surface area (Å²) in [5.41, 5.74) is 7.21. The molecule has 24 heavy (non-hydrogen) atoms. The topological polar surface area (TPSA) is 94.3 Å². The second kappa shape index (κ2) is 5.27. The number of amides is 1. The van der Waals surface area contributed by atoms with Crippen LogP contribution < -0.4 is 5.73 Å². The number of primary amides is 1. The lowest BCUT2D eigenvalue weighted by Crippen LogP contribution is -2.11. The second-order valence-corrected chi connectivity index (χ2v) is 5.28. The van der Waals surface area contributed by atoms with E-state index in [0.29, 0.717) is 22.6 Å². The van der Waals surface area contributed by atoms with Crippen LogP contribution in [-0.2, 0) is 0 Å². The standard InChI is InChI=1S/C18H13N3O3/c19-17(23)12-8-9-13(22)16-15(12)20-18(14-7-4-10-24-14)21(16)11-5-2-1-3-6-11/h1-10,22H,(H2,19,23). The maximum absolute atomic E-state index is 11.7. The van der Waals surface area contributed by atoms with Gasteiger partial charge in [0, 0.05) is 5.69 Å². The van der Waals surface area contributed by atoms with Crippen molar-refractivity contribution in [2.24, 2.45) is 5.73 Å². The number of hydrogen-bond donors (Lipinski definition) is 2. The van der Waals surface area contributed by atoms with E-state index in [1.54, 1.807) is 23.0 Å². The Balaban J connectivity index is 2.16. The molecule has 0 fully saturated rings. The van der Waals surface area contributed by atoms with Gasteiger partial charge in [-0.25, -0.2) is 4.98 Å². The molecule has 6 heteroatoms. The van der Waals surface area contributed by atoms with E-state index in [-0.39, 0.29) is 11.3 Å². The Morgan fingerprint density at radius 3 is 2.54 bits per heavy atom. The van der Waals surface area contributed by atoms with Gasteiger partial charge in [-0.05, 0) is 36.4 Å². The van der Waals surface area contributed by atoms with Crippen LogP contribution in [0.1, 0.15) is 10.4 Å². The SMILES string of the molecule is NC(=O)c1ccc(O)c2c1nc(-c1ccco1)n2-c1ccccc1. The average molecular weight is 319 g/mol. The highest BCUT2D eigenvalue weighted by Crippen LogP contribution is 2.35. The molecular weight excluding hydrogens is 306 g/mol. The van der Waals surface area contributed by atoms with Gasteiger partial charge in [0.1, 0.15) is 16.8 Å². The third kappa shape index (κ3) is 2.04. The third-order valence-electron chi connectivity index (χ3n) is 3.80. The summed E-state index contributed by atoms with van der Waals surface area (Å²) in [6.45, 7) is 0. The van der Waals surface area contributed by atoms with Gasteiger partial charge in [-0.3, -0.25) is 9.36 Å². The van der Waals surface area contributed by atoms with Gasteiger partial charge in [-0.1, -0.05) is 18.2 Å². The number of carbonyl (C=O) groups excluding carboxylic acids is 1. The number of nitrogens with zero attached hydrogens (tertiary/aromatic N) is 2. The highest BCUT2D eigenvalue weighted by atomic mass is 16.3. The highest BCUT2D eigenvalue weighted by molar-refractivity contribution is 6.06. The fourth-order valence-corrected chi connectivity index (χ4v) is 2.76. The van der Waals surface area contributed by atoms with Crippen LogP contribution in [0.2, 0.25) is 0 Å². The average Bonchev–Trinajstić information content (AvgIpc) is 3.23. The zero-order chi connectivity index (χ0) is 16.7. The number of para-hydroxylation sites is 1. The lowest BCUT2D eigenvalue weighted by molar-refractivity contribution is 0.100. The summed E-state index contributed by atoms with van der Waals surface area (Å²) in [4.78, 5) is 16.3. The summed E-state index contributed by atoms with van der Waals surface area (Å²) >= 11 is 0. The molecule has 4 rings (SSSR count). The van der Waals surface area contributed by atoms with Gasteiger partial charge < -0.3 is 15.3 Å². The molecule has 1 amide bonds. The van der Waals surface area contributed by atoms with Gasteiger partial charge in [0.05, 0.1) is 11.8 Å². The Kier molecular flexibility index (Phi) is 3.09. The molecule has 118 valence electrons. The number of aromatic hydroxyl groups is 1. The van der Waals surface area contributed by atoms with Gasteiger partial charge in [-0.15, -0.1) is 0 Å². The first kappa shape index (κ1) is 14.1. The van der Waals surface area contributed by atoms with Crippen LogP contribution in [0.5, 0.6) is 5.75 Å². The van der Waals surface area contributed by atoms with Crippen LogP contribution in [0.4, 0.5) is 0 Å². The third-order valence-corrected chi connectivity index (χ3v) is 3.80. The lowest BCUT2D eigenvalue weighted by atomic mass is 10.1. The number of furan rings is 1. The minimum Gasteiger partial charge on any atom is -0.506 e. The van der Waals surface area contributed by atoms with Crippen molar-refractivity contribution in [2.75, 3.05) is 0 Å². The Morgan fingerprint density at radius 1 is 1.08 bits per heavy atom. The fourth-order valence-electron chi connectivity index (χ4n) is 2.76. The zero-order valence-electron chi connectivity index (χ0n) is 12.5. The molecule has 0 aliphatic heterocycles. The monoisotopic (exact) mass is 319 g/mol. The van der Waals surface area contributed by atoms with Crippen molar-refractivity contribution in [3.63, 3.8) is 0 Å². The summed E-state index contributed by atoms with van der Waals surface area (Å²) < 4.78 is 7.22. The predicted molar refractivity (Wildman–Crippen MR) is 89.0 cm³/mol. The molecular formula is C18H13N3O3. The molecule has 0 radical (unpaired) electrons. The number of fused-ring (bicyclic) bond motifs is 1. The van der Waals surface area contributed by atoms with Crippen molar-refractivity contribution < 1.29 is 14.3 Å². The van der Waals surface area contributed by atoms with E-state index in [1.807, 2.05) is 30.3 Å². The van der Waals surface area contributed by atoms with E-state index in [0.717, 1.165) is 5.69 Å². The van der Waals surface area contributed by atoms with Gasteiger partial charge in [0.2, 0.25) is 0 Å². The number of nitrogens with two attached hydrogens (primary N) is 1. The number of phenols is 1. The molecule has 0 bridgehead atoms. The summed E-state index contributed by atoms with van der Waals surface area (Å²) in [5.74, 6) is 0.392. The molecule has 2 aromatic carbocycles. The first-order chi connectivity index (χ1) is 11.7. The molecule has 4 aromatic rings. The van der Waals surface area contributed by atoms with E-state index in [9.17, 15) is 9.90 Å². The van der Waals surface area contributed by atoms with Crippen molar-refractivity contribution in [1.29, 1.82) is 0 Å². The molecule has 0 saturated heterocycles. The summed E-state index contributed by atoms with van der Waals surface area (Å²) in [5, 5.41) is 10.4. The normalized spacial score (nSPS) is 11.0. The molecule has 2 aromatic heterocycles. The number of rotatable bonds is 3. The first-order valence-electron chi connectivity index (χ1n) is 7.30.